The zero-order valence-corrected chi connectivity index (χ0v) is 7.05. The summed E-state index contributed by atoms with van der Waals surface area (Å²) in [5, 5.41) is 0. The SMILES string of the molecule is FC12CCC(CCl)(CC1)NN2. The molecule has 0 amide bonds. The van der Waals surface area contributed by atoms with Gasteiger partial charge in [-0.1, -0.05) is 0 Å². The predicted molar refractivity (Wildman–Crippen MR) is 42.0 cm³/mol. The van der Waals surface area contributed by atoms with Crippen molar-refractivity contribution in [2.24, 2.45) is 0 Å². The predicted octanol–water partition coefficient (Wildman–Crippen LogP) is 1.31. The molecule has 1 aliphatic carbocycles. The van der Waals surface area contributed by atoms with Gasteiger partial charge in [0.25, 0.3) is 0 Å². The van der Waals surface area contributed by atoms with Gasteiger partial charge in [-0.2, -0.15) is 0 Å². The number of hydrogen-bond donors (Lipinski definition) is 2. The van der Waals surface area contributed by atoms with E-state index in [1.165, 1.54) is 0 Å². The van der Waals surface area contributed by atoms with E-state index in [9.17, 15) is 4.39 Å². The minimum Gasteiger partial charge on any atom is -0.248 e. The topological polar surface area (TPSA) is 24.1 Å². The summed E-state index contributed by atoms with van der Waals surface area (Å²) in [6.45, 7) is 0. The van der Waals surface area contributed by atoms with Gasteiger partial charge in [0.05, 0.1) is 0 Å². The Bertz CT molecular complexity index is 149. The smallest absolute Gasteiger partial charge is 0.173 e. The molecule has 0 aromatic rings. The van der Waals surface area contributed by atoms with E-state index in [4.69, 9.17) is 11.6 Å². The van der Waals surface area contributed by atoms with Crippen molar-refractivity contribution in [1.82, 2.24) is 10.9 Å². The normalized spacial score (nSPS) is 49.6. The molecule has 0 atom stereocenters. The van der Waals surface area contributed by atoms with Gasteiger partial charge in [-0.25, -0.2) is 15.2 Å². The molecule has 4 heteroatoms. The summed E-state index contributed by atoms with van der Waals surface area (Å²) in [6, 6.07) is 0. The molecule has 2 heterocycles. The number of alkyl halides is 2. The van der Waals surface area contributed by atoms with Gasteiger partial charge in [-0.05, 0) is 25.7 Å². The molecule has 0 spiro atoms. The second kappa shape index (κ2) is 2.31. The largest absolute Gasteiger partial charge is 0.248 e. The Labute approximate surface area is 70.5 Å². The Kier molecular flexibility index (Phi) is 1.63. The highest BCUT2D eigenvalue weighted by Crippen LogP contribution is 2.39. The standard InChI is InChI=1S/C7H12ClFN2/c8-5-6-1-3-7(9,4-2-6)11-10-6/h10-11H,1-5H2. The molecule has 2 N–H and O–H groups in total. The Morgan fingerprint density at radius 3 is 2.18 bits per heavy atom. The van der Waals surface area contributed by atoms with Crippen LogP contribution in [0.1, 0.15) is 25.7 Å². The van der Waals surface area contributed by atoms with Crippen LogP contribution in [0.2, 0.25) is 0 Å². The number of hydrazine groups is 1. The van der Waals surface area contributed by atoms with Crippen molar-refractivity contribution >= 4 is 11.6 Å². The molecule has 3 rings (SSSR count). The van der Waals surface area contributed by atoms with Gasteiger partial charge in [-0.15, -0.1) is 11.6 Å². The summed E-state index contributed by atoms with van der Waals surface area (Å²) in [6.07, 6.45) is 2.87. The number of fused-ring (bicyclic) bond motifs is 3. The number of halogens is 2. The second-order valence-corrected chi connectivity index (χ2v) is 3.90. The maximum Gasteiger partial charge on any atom is 0.173 e. The van der Waals surface area contributed by atoms with Crippen LogP contribution in [0.4, 0.5) is 4.39 Å². The minimum absolute atomic E-state index is 0.0323. The second-order valence-electron chi connectivity index (χ2n) is 3.63. The molecule has 2 bridgehead atoms. The Balaban J connectivity index is 2.12. The molecular weight excluding hydrogens is 167 g/mol. The maximum absolute atomic E-state index is 13.4. The molecule has 11 heavy (non-hydrogen) atoms. The summed E-state index contributed by atoms with van der Waals surface area (Å²) < 4.78 is 13.4. The van der Waals surface area contributed by atoms with Gasteiger partial charge < -0.3 is 0 Å². The molecule has 3 aliphatic rings. The number of rotatable bonds is 1. The average molecular weight is 179 g/mol. The summed E-state index contributed by atoms with van der Waals surface area (Å²) >= 11 is 5.78. The summed E-state index contributed by atoms with van der Waals surface area (Å²) in [5.74, 6) is -0.593. The van der Waals surface area contributed by atoms with Crippen molar-refractivity contribution in [3.63, 3.8) is 0 Å². The quantitative estimate of drug-likeness (QED) is 0.468. The van der Waals surface area contributed by atoms with E-state index < -0.39 is 5.79 Å². The van der Waals surface area contributed by atoms with Gasteiger partial charge in [0.15, 0.2) is 5.79 Å². The van der Waals surface area contributed by atoms with E-state index in [-0.39, 0.29) is 5.54 Å². The van der Waals surface area contributed by atoms with E-state index in [1.54, 1.807) is 0 Å². The van der Waals surface area contributed by atoms with E-state index in [0.717, 1.165) is 12.8 Å². The third-order valence-corrected chi connectivity index (χ3v) is 3.32. The van der Waals surface area contributed by atoms with Crippen molar-refractivity contribution in [2.45, 2.75) is 37.0 Å². The maximum atomic E-state index is 13.4. The van der Waals surface area contributed by atoms with E-state index in [1.807, 2.05) is 0 Å². The monoisotopic (exact) mass is 178 g/mol. The van der Waals surface area contributed by atoms with Crippen LogP contribution < -0.4 is 10.9 Å². The molecular formula is C7H12ClFN2. The zero-order chi connectivity index (χ0) is 7.95. The number of hydrogen-bond acceptors (Lipinski definition) is 2. The Morgan fingerprint density at radius 1 is 1.18 bits per heavy atom. The molecule has 2 saturated heterocycles. The number of nitrogens with one attached hydrogen (secondary N) is 2. The first kappa shape index (κ1) is 7.77. The van der Waals surface area contributed by atoms with Crippen LogP contribution in [0, 0.1) is 0 Å². The van der Waals surface area contributed by atoms with Crippen LogP contribution >= 0.6 is 11.6 Å². The average Bonchev–Trinajstić information content (AvgIpc) is 2.07. The molecule has 2 aliphatic heterocycles. The van der Waals surface area contributed by atoms with Gasteiger partial charge in [0, 0.05) is 11.4 Å². The lowest BCUT2D eigenvalue weighted by molar-refractivity contribution is -0.0459. The van der Waals surface area contributed by atoms with E-state index in [0.29, 0.717) is 18.7 Å². The van der Waals surface area contributed by atoms with Crippen molar-refractivity contribution in [3.05, 3.63) is 0 Å². The lowest BCUT2D eigenvalue weighted by atomic mass is 9.78. The Morgan fingerprint density at radius 2 is 1.82 bits per heavy atom. The van der Waals surface area contributed by atoms with Crippen molar-refractivity contribution in [1.29, 1.82) is 0 Å². The first-order valence-electron chi connectivity index (χ1n) is 3.97. The first-order chi connectivity index (χ1) is 5.18. The van der Waals surface area contributed by atoms with Crippen molar-refractivity contribution < 1.29 is 4.39 Å². The molecule has 2 nitrogen and oxygen atoms in total. The fourth-order valence-electron chi connectivity index (χ4n) is 1.79. The molecule has 0 radical (unpaired) electrons. The third-order valence-electron chi connectivity index (χ3n) is 2.81. The van der Waals surface area contributed by atoms with Gasteiger partial charge >= 0.3 is 0 Å². The Hall–Kier alpha value is 0.140. The first-order valence-corrected chi connectivity index (χ1v) is 4.51. The molecule has 0 aromatic carbocycles. The lowest BCUT2D eigenvalue weighted by Crippen LogP contribution is -2.70. The van der Waals surface area contributed by atoms with Crippen LogP contribution in [0.5, 0.6) is 0 Å². The lowest BCUT2D eigenvalue weighted by Gasteiger charge is -2.49. The molecule has 1 saturated carbocycles. The van der Waals surface area contributed by atoms with E-state index in [2.05, 4.69) is 10.9 Å². The van der Waals surface area contributed by atoms with Crippen molar-refractivity contribution in [3.8, 4) is 0 Å². The zero-order valence-electron chi connectivity index (χ0n) is 6.29. The van der Waals surface area contributed by atoms with Gasteiger partial charge in [-0.3, -0.25) is 0 Å². The summed E-state index contributed by atoms with van der Waals surface area (Å²) in [4.78, 5) is 0. The summed E-state index contributed by atoms with van der Waals surface area (Å²) in [5.41, 5.74) is 5.62. The van der Waals surface area contributed by atoms with Crippen LogP contribution in [0.15, 0.2) is 0 Å². The van der Waals surface area contributed by atoms with Gasteiger partial charge in [0.1, 0.15) is 0 Å². The highest BCUT2D eigenvalue weighted by atomic mass is 35.5. The van der Waals surface area contributed by atoms with Crippen LogP contribution in [-0.2, 0) is 0 Å². The van der Waals surface area contributed by atoms with Crippen molar-refractivity contribution in [2.75, 3.05) is 5.88 Å². The fraction of sp³-hybridized carbons (Fsp3) is 1.00. The minimum atomic E-state index is -1.16. The molecule has 3 fully saturated rings. The highest BCUT2D eigenvalue weighted by Gasteiger charge is 2.48. The fourth-order valence-corrected chi connectivity index (χ4v) is 2.12. The van der Waals surface area contributed by atoms with E-state index >= 15 is 0 Å². The van der Waals surface area contributed by atoms with Crippen LogP contribution in [-0.4, -0.2) is 17.2 Å². The molecule has 64 valence electrons. The van der Waals surface area contributed by atoms with Crippen LogP contribution in [0.25, 0.3) is 0 Å². The molecule has 0 aromatic heterocycles. The highest BCUT2D eigenvalue weighted by molar-refractivity contribution is 6.18. The summed E-state index contributed by atoms with van der Waals surface area (Å²) in [7, 11) is 0. The van der Waals surface area contributed by atoms with Gasteiger partial charge in [0.2, 0.25) is 0 Å². The molecule has 0 unspecified atom stereocenters. The third kappa shape index (κ3) is 1.15. The van der Waals surface area contributed by atoms with Crippen LogP contribution in [0.3, 0.4) is 0 Å².